The molecule has 0 bridgehead atoms. The zero-order chi connectivity index (χ0) is 10.4. The SMILES string of the molecule is C=CC(=O)NC(=O)NC(=O)C(C)N. The maximum Gasteiger partial charge on any atom is 0.328 e. The zero-order valence-corrected chi connectivity index (χ0v) is 7.16. The molecule has 0 aromatic heterocycles. The first-order valence-electron chi connectivity index (χ1n) is 3.51. The second-order valence-corrected chi connectivity index (χ2v) is 2.30. The smallest absolute Gasteiger partial charge is 0.320 e. The Kier molecular flexibility index (Phi) is 4.39. The monoisotopic (exact) mass is 185 g/mol. The quantitative estimate of drug-likeness (QED) is 0.474. The summed E-state index contributed by atoms with van der Waals surface area (Å²) in [6, 6.07) is -1.71. The summed E-state index contributed by atoms with van der Waals surface area (Å²) in [5.74, 6) is -1.34. The summed E-state index contributed by atoms with van der Waals surface area (Å²) in [5.41, 5.74) is 5.15. The van der Waals surface area contributed by atoms with E-state index < -0.39 is 23.9 Å². The summed E-state index contributed by atoms with van der Waals surface area (Å²) in [7, 11) is 0. The van der Waals surface area contributed by atoms with Crippen LogP contribution in [0.1, 0.15) is 6.92 Å². The van der Waals surface area contributed by atoms with E-state index in [1.165, 1.54) is 6.92 Å². The second-order valence-electron chi connectivity index (χ2n) is 2.30. The molecule has 6 heteroatoms. The maximum absolute atomic E-state index is 10.8. The van der Waals surface area contributed by atoms with Gasteiger partial charge in [-0.25, -0.2) is 4.79 Å². The fourth-order valence-electron chi connectivity index (χ4n) is 0.420. The molecule has 13 heavy (non-hydrogen) atoms. The van der Waals surface area contributed by atoms with E-state index in [2.05, 4.69) is 6.58 Å². The Morgan fingerprint density at radius 1 is 1.38 bits per heavy atom. The van der Waals surface area contributed by atoms with Crippen LogP contribution in [0.5, 0.6) is 0 Å². The summed E-state index contributed by atoms with van der Waals surface area (Å²) in [6.45, 7) is 4.54. The van der Waals surface area contributed by atoms with Crippen molar-refractivity contribution in [2.24, 2.45) is 5.73 Å². The zero-order valence-electron chi connectivity index (χ0n) is 7.16. The van der Waals surface area contributed by atoms with Crippen molar-refractivity contribution in [2.75, 3.05) is 0 Å². The molecule has 0 heterocycles. The van der Waals surface area contributed by atoms with Gasteiger partial charge in [-0.15, -0.1) is 0 Å². The van der Waals surface area contributed by atoms with E-state index in [-0.39, 0.29) is 0 Å². The topological polar surface area (TPSA) is 101 Å². The van der Waals surface area contributed by atoms with E-state index in [9.17, 15) is 14.4 Å². The van der Waals surface area contributed by atoms with E-state index in [1.54, 1.807) is 0 Å². The number of nitrogens with two attached hydrogens (primary N) is 1. The predicted octanol–water partition coefficient (Wildman–Crippen LogP) is -1.13. The van der Waals surface area contributed by atoms with Crippen LogP contribution in [0.4, 0.5) is 4.79 Å². The predicted molar refractivity (Wildman–Crippen MR) is 45.5 cm³/mol. The summed E-state index contributed by atoms with van der Waals surface area (Å²) in [6.07, 6.45) is 0.913. The van der Waals surface area contributed by atoms with Crippen molar-refractivity contribution in [3.63, 3.8) is 0 Å². The number of rotatable bonds is 2. The van der Waals surface area contributed by atoms with Gasteiger partial charge >= 0.3 is 6.03 Å². The Bertz CT molecular complexity index is 247. The van der Waals surface area contributed by atoms with Crippen molar-refractivity contribution in [3.8, 4) is 0 Å². The minimum atomic E-state index is -0.910. The molecule has 1 atom stereocenters. The number of hydrogen-bond donors (Lipinski definition) is 3. The normalized spacial score (nSPS) is 11.2. The molecule has 0 rings (SSSR count). The van der Waals surface area contributed by atoms with Gasteiger partial charge < -0.3 is 5.73 Å². The van der Waals surface area contributed by atoms with Crippen molar-refractivity contribution in [1.29, 1.82) is 0 Å². The van der Waals surface area contributed by atoms with Gasteiger partial charge in [0.2, 0.25) is 5.91 Å². The first-order chi connectivity index (χ1) is 5.97. The lowest BCUT2D eigenvalue weighted by Gasteiger charge is -2.05. The van der Waals surface area contributed by atoms with Crippen molar-refractivity contribution < 1.29 is 14.4 Å². The third-order valence-corrected chi connectivity index (χ3v) is 1.07. The Morgan fingerprint density at radius 2 is 1.92 bits per heavy atom. The van der Waals surface area contributed by atoms with E-state index >= 15 is 0 Å². The van der Waals surface area contributed by atoms with E-state index in [4.69, 9.17) is 5.73 Å². The average Bonchev–Trinajstić information content (AvgIpc) is 2.03. The van der Waals surface area contributed by atoms with Gasteiger partial charge in [0.25, 0.3) is 5.91 Å². The molecule has 0 spiro atoms. The molecule has 6 nitrogen and oxygen atoms in total. The molecule has 0 aliphatic rings. The van der Waals surface area contributed by atoms with E-state index in [0.717, 1.165) is 6.08 Å². The van der Waals surface area contributed by atoms with Crippen LogP contribution in [0.25, 0.3) is 0 Å². The molecule has 0 fully saturated rings. The number of amides is 4. The van der Waals surface area contributed by atoms with Gasteiger partial charge in [-0.1, -0.05) is 6.58 Å². The third-order valence-electron chi connectivity index (χ3n) is 1.07. The summed E-state index contributed by atoms with van der Waals surface area (Å²) in [4.78, 5) is 32.1. The first-order valence-corrected chi connectivity index (χ1v) is 3.51. The standard InChI is InChI=1S/C7H11N3O3/c1-3-5(11)9-7(13)10-6(12)4(2)8/h3-4H,1,8H2,2H3,(H2,9,10,11,12,13). The summed E-state index contributed by atoms with van der Waals surface area (Å²) in [5, 5.41) is 3.69. The maximum atomic E-state index is 10.8. The van der Waals surface area contributed by atoms with Crippen LogP contribution in [0.15, 0.2) is 12.7 Å². The van der Waals surface area contributed by atoms with Crippen molar-refractivity contribution in [3.05, 3.63) is 12.7 Å². The van der Waals surface area contributed by atoms with E-state index in [1.807, 2.05) is 10.6 Å². The highest BCUT2D eigenvalue weighted by molar-refractivity contribution is 6.05. The van der Waals surface area contributed by atoms with Crippen LogP contribution in [0.2, 0.25) is 0 Å². The largest absolute Gasteiger partial charge is 0.328 e. The number of nitrogens with one attached hydrogen (secondary N) is 2. The van der Waals surface area contributed by atoms with Crippen LogP contribution in [-0.4, -0.2) is 23.9 Å². The molecule has 0 saturated heterocycles. The highest BCUT2D eigenvalue weighted by Crippen LogP contribution is 1.75. The third kappa shape index (κ3) is 4.70. The lowest BCUT2D eigenvalue weighted by molar-refractivity contribution is -0.120. The highest BCUT2D eigenvalue weighted by Gasteiger charge is 2.12. The van der Waals surface area contributed by atoms with Crippen molar-refractivity contribution >= 4 is 17.8 Å². The molecular formula is C7H11N3O3. The molecule has 4 amide bonds. The highest BCUT2D eigenvalue weighted by atomic mass is 16.2. The number of hydrogen-bond acceptors (Lipinski definition) is 4. The fraction of sp³-hybridized carbons (Fsp3) is 0.286. The minimum Gasteiger partial charge on any atom is -0.320 e. The van der Waals surface area contributed by atoms with Gasteiger partial charge in [-0.05, 0) is 13.0 Å². The van der Waals surface area contributed by atoms with Gasteiger partial charge in [0.15, 0.2) is 0 Å². The Labute approximate surface area is 75.2 Å². The Balaban J connectivity index is 3.95. The molecule has 0 aliphatic heterocycles. The lowest BCUT2D eigenvalue weighted by Crippen LogP contribution is -2.47. The van der Waals surface area contributed by atoms with Crippen LogP contribution in [0, 0.1) is 0 Å². The van der Waals surface area contributed by atoms with Crippen LogP contribution >= 0.6 is 0 Å². The molecule has 72 valence electrons. The average molecular weight is 185 g/mol. The van der Waals surface area contributed by atoms with Crippen molar-refractivity contribution in [2.45, 2.75) is 13.0 Å². The van der Waals surface area contributed by atoms with Crippen molar-refractivity contribution in [1.82, 2.24) is 10.6 Å². The molecule has 0 radical (unpaired) electrons. The first kappa shape index (κ1) is 11.3. The van der Waals surface area contributed by atoms with Crippen LogP contribution in [-0.2, 0) is 9.59 Å². The summed E-state index contributed by atoms with van der Waals surface area (Å²) >= 11 is 0. The Hall–Kier alpha value is -1.69. The van der Waals surface area contributed by atoms with E-state index in [0.29, 0.717) is 0 Å². The lowest BCUT2D eigenvalue weighted by atomic mass is 10.3. The van der Waals surface area contributed by atoms with Gasteiger partial charge in [0, 0.05) is 0 Å². The molecule has 0 aromatic rings. The molecule has 0 aromatic carbocycles. The molecule has 4 N–H and O–H groups in total. The molecule has 0 aliphatic carbocycles. The molecule has 0 saturated carbocycles. The second kappa shape index (κ2) is 5.04. The fourth-order valence-corrected chi connectivity index (χ4v) is 0.420. The molecule has 1 unspecified atom stereocenters. The van der Waals surface area contributed by atoms with Gasteiger partial charge in [-0.2, -0.15) is 0 Å². The number of urea groups is 1. The number of imide groups is 2. The van der Waals surface area contributed by atoms with Gasteiger partial charge in [0.05, 0.1) is 6.04 Å². The Morgan fingerprint density at radius 3 is 2.31 bits per heavy atom. The summed E-state index contributed by atoms with van der Waals surface area (Å²) < 4.78 is 0. The minimum absolute atomic E-state index is 0.658. The van der Waals surface area contributed by atoms with Crippen LogP contribution < -0.4 is 16.4 Å². The van der Waals surface area contributed by atoms with Crippen LogP contribution in [0.3, 0.4) is 0 Å². The molecular weight excluding hydrogens is 174 g/mol. The number of carbonyl (C=O) groups excluding carboxylic acids is 3. The van der Waals surface area contributed by atoms with Gasteiger partial charge in [0.1, 0.15) is 0 Å². The van der Waals surface area contributed by atoms with Gasteiger partial charge in [-0.3, -0.25) is 20.2 Å². The number of carbonyl (C=O) groups is 3.